The Balaban J connectivity index is 0.00000324. The summed E-state index contributed by atoms with van der Waals surface area (Å²) in [5, 5.41) is 15.8. The largest absolute Gasteiger partial charge is 0.392 e. The number of hydrogen-bond donors (Lipinski definition) is 4. The van der Waals surface area contributed by atoms with E-state index in [1.807, 2.05) is 18.2 Å². The maximum atomic E-state index is 9.04. The van der Waals surface area contributed by atoms with Crippen molar-refractivity contribution >= 4 is 12.4 Å². The van der Waals surface area contributed by atoms with Gasteiger partial charge in [-0.25, -0.2) is 0 Å². The Kier molecular flexibility index (Phi) is 12.0. The molecule has 0 aliphatic rings. The molecule has 0 fully saturated rings. The van der Waals surface area contributed by atoms with Crippen molar-refractivity contribution in [2.75, 3.05) is 26.2 Å². The van der Waals surface area contributed by atoms with Gasteiger partial charge in [-0.2, -0.15) is 0 Å². The van der Waals surface area contributed by atoms with Gasteiger partial charge in [-0.05, 0) is 50.1 Å². The molecule has 0 atom stereocenters. The molecular formula is C14H26ClN3O. The van der Waals surface area contributed by atoms with Gasteiger partial charge in [0.05, 0.1) is 6.61 Å². The first-order valence-corrected chi connectivity index (χ1v) is 6.67. The average molecular weight is 288 g/mol. The maximum Gasteiger partial charge on any atom is 0.0681 e. The van der Waals surface area contributed by atoms with Gasteiger partial charge in [-0.3, -0.25) is 0 Å². The molecular weight excluding hydrogens is 262 g/mol. The lowest BCUT2D eigenvalue weighted by atomic mass is 10.1. The lowest BCUT2D eigenvalue weighted by molar-refractivity contribution is 0.281. The molecule has 0 spiro atoms. The number of nitrogens with one attached hydrogen (secondary N) is 2. The molecule has 0 unspecified atom stereocenters. The molecule has 5 heteroatoms. The molecule has 1 rings (SSSR count). The van der Waals surface area contributed by atoms with Crippen LogP contribution in [0.1, 0.15) is 24.0 Å². The monoisotopic (exact) mass is 287 g/mol. The quantitative estimate of drug-likeness (QED) is 0.485. The zero-order valence-corrected chi connectivity index (χ0v) is 12.2. The van der Waals surface area contributed by atoms with E-state index in [4.69, 9.17) is 10.8 Å². The Morgan fingerprint density at radius 2 is 1.68 bits per heavy atom. The van der Waals surface area contributed by atoms with E-state index in [1.165, 1.54) is 5.56 Å². The summed E-state index contributed by atoms with van der Waals surface area (Å²) < 4.78 is 0. The summed E-state index contributed by atoms with van der Waals surface area (Å²) in [4.78, 5) is 0. The second kappa shape index (κ2) is 12.4. The predicted molar refractivity (Wildman–Crippen MR) is 82.5 cm³/mol. The van der Waals surface area contributed by atoms with Gasteiger partial charge in [0.15, 0.2) is 0 Å². The normalized spacial score (nSPS) is 10.2. The van der Waals surface area contributed by atoms with Gasteiger partial charge in [-0.1, -0.05) is 24.3 Å². The van der Waals surface area contributed by atoms with Gasteiger partial charge in [0, 0.05) is 6.54 Å². The van der Waals surface area contributed by atoms with Gasteiger partial charge in [0.2, 0.25) is 0 Å². The molecule has 1 aromatic rings. The summed E-state index contributed by atoms with van der Waals surface area (Å²) in [7, 11) is 0. The Labute approximate surface area is 122 Å². The summed E-state index contributed by atoms with van der Waals surface area (Å²) >= 11 is 0. The highest BCUT2D eigenvalue weighted by Crippen LogP contribution is 2.04. The number of aliphatic hydroxyl groups is 1. The van der Waals surface area contributed by atoms with Gasteiger partial charge in [0.25, 0.3) is 0 Å². The molecule has 19 heavy (non-hydrogen) atoms. The molecule has 0 amide bonds. The van der Waals surface area contributed by atoms with Crippen LogP contribution in [0.3, 0.4) is 0 Å². The van der Waals surface area contributed by atoms with E-state index in [1.54, 1.807) is 0 Å². The Morgan fingerprint density at radius 3 is 2.42 bits per heavy atom. The summed E-state index contributed by atoms with van der Waals surface area (Å²) in [5.74, 6) is 0. The molecule has 0 radical (unpaired) electrons. The molecule has 0 heterocycles. The van der Waals surface area contributed by atoms with Crippen molar-refractivity contribution in [1.29, 1.82) is 0 Å². The molecule has 4 nitrogen and oxygen atoms in total. The fourth-order valence-corrected chi connectivity index (χ4v) is 1.76. The summed E-state index contributed by atoms with van der Waals surface area (Å²) in [6.07, 6.45) is 2.16. The molecule has 0 saturated heterocycles. The van der Waals surface area contributed by atoms with Crippen LogP contribution >= 0.6 is 12.4 Å². The molecule has 0 aromatic heterocycles. The van der Waals surface area contributed by atoms with Gasteiger partial charge >= 0.3 is 0 Å². The van der Waals surface area contributed by atoms with Crippen LogP contribution in [0.25, 0.3) is 0 Å². The molecule has 0 aliphatic heterocycles. The highest BCUT2D eigenvalue weighted by Gasteiger charge is 1.95. The zero-order chi connectivity index (χ0) is 13.1. The lowest BCUT2D eigenvalue weighted by Gasteiger charge is -2.07. The third-order valence-corrected chi connectivity index (χ3v) is 2.77. The van der Waals surface area contributed by atoms with Crippen LogP contribution < -0.4 is 16.4 Å². The topological polar surface area (TPSA) is 70.3 Å². The highest BCUT2D eigenvalue weighted by atomic mass is 35.5. The smallest absolute Gasteiger partial charge is 0.0681 e. The van der Waals surface area contributed by atoms with Gasteiger partial charge in [0.1, 0.15) is 0 Å². The number of halogens is 1. The molecule has 1 aromatic carbocycles. The fraction of sp³-hybridized carbons (Fsp3) is 0.571. The number of nitrogens with two attached hydrogens (primary N) is 1. The Hall–Kier alpha value is -0.650. The van der Waals surface area contributed by atoms with E-state index in [0.29, 0.717) is 0 Å². The number of rotatable bonds is 10. The average Bonchev–Trinajstić information content (AvgIpc) is 2.42. The van der Waals surface area contributed by atoms with Crippen LogP contribution in [-0.2, 0) is 13.2 Å². The van der Waals surface area contributed by atoms with Gasteiger partial charge in [-0.15, -0.1) is 12.4 Å². The minimum absolute atomic E-state index is 0. The fourth-order valence-electron chi connectivity index (χ4n) is 1.76. The lowest BCUT2D eigenvalue weighted by Crippen LogP contribution is -2.23. The van der Waals surface area contributed by atoms with E-state index >= 15 is 0 Å². The first kappa shape index (κ1) is 18.4. The van der Waals surface area contributed by atoms with E-state index < -0.39 is 0 Å². The van der Waals surface area contributed by atoms with Crippen molar-refractivity contribution in [3.63, 3.8) is 0 Å². The highest BCUT2D eigenvalue weighted by molar-refractivity contribution is 5.85. The third kappa shape index (κ3) is 8.97. The molecule has 0 bridgehead atoms. The van der Waals surface area contributed by atoms with Crippen molar-refractivity contribution in [1.82, 2.24) is 10.6 Å². The van der Waals surface area contributed by atoms with Crippen LogP contribution in [0, 0.1) is 0 Å². The summed E-state index contributed by atoms with van der Waals surface area (Å²) in [5.41, 5.74) is 7.60. The molecule has 110 valence electrons. The van der Waals surface area contributed by atoms with Crippen LogP contribution in [0.15, 0.2) is 24.3 Å². The number of aliphatic hydroxyl groups excluding tert-OH is 1. The van der Waals surface area contributed by atoms with Crippen molar-refractivity contribution in [2.45, 2.75) is 26.0 Å². The Bertz CT molecular complexity index is 323. The van der Waals surface area contributed by atoms with Crippen LogP contribution in [0.4, 0.5) is 0 Å². The van der Waals surface area contributed by atoms with Crippen molar-refractivity contribution < 1.29 is 5.11 Å². The molecule has 0 saturated carbocycles. The minimum atomic E-state index is 0. The second-order valence-corrected chi connectivity index (χ2v) is 4.40. The van der Waals surface area contributed by atoms with Crippen LogP contribution in [-0.4, -0.2) is 31.3 Å². The minimum Gasteiger partial charge on any atom is -0.392 e. The van der Waals surface area contributed by atoms with E-state index in [2.05, 4.69) is 16.7 Å². The standard InChI is InChI=1S/C14H25N3O.ClH/c15-6-2-7-16-8-3-9-17-11-13-4-1-5-14(10-13)12-18;/h1,4-5,10,16-18H,2-3,6-9,11-12,15H2;1H. The van der Waals surface area contributed by atoms with Crippen molar-refractivity contribution in [3.05, 3.63) is 35.4 Å². The Morgan fingerprint density at radius 1 is 1.00 bits per heavy atom. The molecule has 5 N–H and O–H groups in total. The number of benzene rings is 1. The SMILES string of the molecule is Cl.NCCCNCCCNCc1cccc(CO)c1. The van der Waals surface area contributed by atoms with Gasteiger partial charge < -0.3 is 21.5 Å². The summed E-state index contributed by atoms with van der Waals surface area (Å²) in [6, 6.07) is 8.03. The van der Waals surface area contributed by atoms with E-state index in [-0.39, 0.29) is 19.0 Å². The van der Waals surface area contributed by atoms with E-state index in [0.717, 1.165) is 51.1 Å². The zero-order valence-electron chi connectivity index (χ0n) is 11.4. The second-order valence-electron chi connectivity index (χ2n) is 4.40. The first-order valence-electron chi connectivity index (χ1n) is 6.67. The van der Waals surface area contributed by atoms with Crippen molar-refractivity contribution in [2.24, 2.45) is 5.73 Å². The van der Waals surface area contributed by atoms with Crippen LogP contribution in [0.2, 0.25) is 0 Å². The summed E-state index contributed by atoms with van der Waals surface area (Å²) in [6.45, 7) is 4.76. The maximum absolute atomic E-state index is 9.04. The van der Waals surface area contributed by atoms with Crippen molar-refractivity contribution in [3.8, 4) is 0 Å². The van der Waals surface area contributed by atoms with Crippen LogP contribution in [0.5, 0.6) is 0 Å². The van der Waals surface area contributed by atoms with E-state index in [9.17, 15) is 0 Å². The molecule has 0 aliphatic carbocycles. The third-order valence-electron chi connectivity index (χ3n) is 2.77. The predicted octanol–water partition coefficient (Wildman–Crippen LogP) is 1.02. The number of hydrogen-bond acceptors (Lipinski definition) is 4. The first-order chi connectivity index (χ1) is 8.86.